The summed E-state index contributed by atoms with van der Waals surface area (Å²) in [7, 11) is 0. The lowest BCUT2D eigenvalue weighted by Gasteiger charge is -2.23. The Labute approximate surface area is 88.3 Å². The van der Waals surface area contributed by atoms with Gasteiger partial charge in [0.2, 0.25) is 0 Å². The fourth-order valence-electron chi connectivity index (χ4n) is 1.43. The number of benzene rings is 1. The van der Waals surface area contributed by atoms with Gasteiger partial charge in [0.15, 0.2) is 11.6 Å². The molecule has 0 amide bonds. The van der Waals surface area contributed by atoms with Crippen LogP contribution in [0.2, 0.25) is 0 Å². The van der Waals surface area contributed by atoms with Crippen molar-refractivity contribution < 1.29 is 8.78 Å². The molecule has 0 heterocycles. The predicted octanol–water partition coefficient (Wildman–Crippen LogP) is 2.09. The van der Waals surface area contributed by atoms with Gasteiger partial charge >= 0.3 is 0 Å². The van der Waals surface area contributed by atoms with Gasteiger partial charge in [-0.25, -0.2) is 8.78 Å². The summed E-state index contributed by atoms with van der Waals surface area (Å²) in [4.78, 5) is 0. The lowest BCUT2D eigenvalue weighted by Crippen LogP contribution is -2.35. The zero-order valence-electron chi connectivity index (χ0n) is 8.93. The highest BCUT2D eigenvalue weighted by atomic mass is 19.2. The van der Waals surface area contributed by atoms with Gasteiger partial charge in [0.25, 0.3) is 0 Å². The van der Waals surface area contributed by atoms with Crippen LogP contribution in [0.4, 0.5) is 8.78 Å². The number of nitrogens with two attached hydrogens (primary N) is 2. The average Bonchev–Trinajstić information content (AvgIpc) is 2.06. The number of hydrogen-bond acceptors (Lipinski definition) is 2. The maximum Gasteiger partial charge on any atom is 0.159 e. The van der Waals surface area contributed by atoms with Crippen LogP contribution in [0.5, 0.6) is 0 Å². The van der Waals surface area contributed by atoms with Crippen molar-refractivity contribution in [1.29, 1.82) is 0 Å². The molecule has 1 aromatic carbocycles. The molecule has 0 spiro atoms. The normalized spacial score (nSPS) is 14.0. The molecule has 1 rings (SSSR count). The number of hydrogen-bond donors (Lipinski definition) is 2. The fraction of sp³-hybridized carbons (Fsp3) is 0.455. The Hall–Kier alpha value is -1.00. The van der Waals surface area contributed by atoms with Crippen LogP contribution in [0.25, 0.3) is 0 Å². The van der Waals surface area contributed by atoms with Gasteiger partial charge in [0.05, 0.1) is 0 Å². The van der Waals surface area contributed by atoms with Crippen LogP contribution in [0, 0.1) is 11.6 Å². The van der Waals surface area contributed by atoms with Crippen molar-refractivity contribution in [3.63, 3.8) is 0 Å². The Morgan fingerprint density at radius 3 is 2.33 bits per heavy atom. The molecular weight excluding hydrogens is 198 g/mol. The molecule has 0 bridgehead atoms. The monoisotopic (exact) mass is 214 g/mol. The quantitative estimate of drug-likeness (QED) is 0.809. The van der Waals surface area contributed by atoms with Gasteiger partial charge in [-0.15, -0.1) is 0 Å². The fourth-order valence-corrected chi connectivity index (χ4v) is 1.43. The van der Waals surface area contributed by atoms with Crippen LogP contribution < -0.4 is 11.5 Å². The van der Waals surface area contributed by atoms with Crippen molar-refractivity contribution in [2.24, 2.45) is 11.5 Å². The van der Waals surface area contributed by atoms with E-state index in [9.17, 15) is 8.78 Å². The van der Waals surface area contributed by atoms with Gasteiger partial charge in [-0.2, -0.15) is 0 Å². The smallest absolute Gasteiger partial charge is 0.159 e. The summed E-state index contributed by atoms with van der Waals surface area (Å²) in [6, 6.07) is 3.30. The first-order valence-electron chi connectivity index (χ1n) is 4.79. The molecule has 1 atom stereocenters. The summed E-state index contributed by atoms with van der Waals surface area (Å²) in [5, 5.41) is 0. The maximum atomic E-state index is 12.9. The average molecular weight is 214 g/mol. The summed E-state index contributed by atoms with van der Waals surface area (Å²) in [5.74, 6) is -1.74. The third-order valence-corrected chi connectivity index (χ3v) is 2.12. The van der Waals surface area contributed by atoms with E-state index in [1.165, 1.54) is 6.07 Å². The lowest BCUT2D eigenvalue weighted by molar-refractivity contribution is 0.426. The van der Waals surface area contributed by atoms with E-state index in [0.29, 0.717) is 12.0 Å². The molecule has 0 fully saturated rings. The second-order valence-electron chi connectivity index (χ2n) is 4.47. The van der Waals surface area contributed by atoms with E-state index in [0.717, 1.165) is 12.1 Å². The van der Waals surface area contributed by atoms with Crippen molar-refractivity contribution in [3.05, 3.63) is 35.4 Å². The summed E-state index contributed by atoms with van der Waals surface area (Å²) in [6.45, 7) is 3.68. The third kappa shape index (κ3) is 3.57. The van der Waals surface area contributed by atoms with Gasteiger partial charge in [0, 0.05) is 11.6 Å². The number of halogens is 2. The van der Waals surface area contributed by atoms with Crippen LogP contribution in [0.1, 0.15) is 31.9 Å². The minimum atomic E-state index is -0.877. The minimum Gasteiger partial charge on any atom is -0.325 e. The molecule has 0 saturated carbocycles. The van der Waals surface area contributed by atoms with Crippen LogP contribution in [-0.2, 0) is 0 Å². The molecule has 2 nitrogen and oxygen atoms in total. The molecule has 84 valence electrons. The Morgan fingerprint density at radius 1 is 1.27 bits per heavy atom. The topological polar surface area (TPSA) is 52.0 Å². The van der Waals surface area contributed by atoms with E-state index in [1.54, 1.807) is 0 Å². The van der Waals surface area contributed by atoms with Gasteiger partial charge in [-0.05, 0) is 38.0 Å². The lowest BCUT2D eigenvalue weighted by atomic mass is 9.92. The minimum absolute atomic E-state index is 0.375. The van der Waals surface area contributed by atoms with E-state index >= 15 is 0 Å². The first kappa shape index (κ1) is 12.1. The highest BCUT2D eigenvalue weighted by molar-refractivity contribution is 5.21. The third-order valence-electron chi connectivity index (χ3n) is 2.12. The van der Waals surface area contributed by atoms with Crippen LogP contribution in [0.3, 0.4) is 0 Å². The molecule has 0 radical (unpaired) electrons. The Kier molecular flexibility index (Phi) is 3.42. The van der Waals surface area contributed by atoms with E-state index in [-0.39, 0.29) is 6.04 Å². The van der Waals surface area contributed by atoms with Crippen molar-refractivity contribution in [2.75, 3.05) is 0 Å². The molecular formula is C11H16F2N2. The van der Waals surface area contributed by atoms with Crippen LogP contribution >= 0.6 is 0 Å². The standard InChI is InChI=1S/C11H16F2N2/c1-11(2,15)6-10(14)7-3-4-8(12)9(13)5-7/h3-5,10H,6,14-15H2,1-2H3. The van der Waals surface area contributed by atoms with Gasteiger partial charge in [-0.1, -0.05) is 6.07 Å². The summed E-state index contributed by atoms with van der Waals surface area (Å²) in [6.07, 6.45) is 0.512. The van der Waals surface area contributed by atoms with Crippen molar-refractivity contribution >= 4 is 0 Å². The van der Waals surface area contributed by atoms with Gasteiger partial charge in [-0.3, -0.25) is 0 Å². The molecule has 15 heavy (non-hydrogen) atoms. The summed E-state index contributed by atoms with van der Waals surface area (Å²) < 4.78 is 25.6. The van der Waals surface area contributed by atoms with E-state index < -0.39 is 17.2 Å². The Bertz CT molecular complexity index is 345. The van der Waals surface area contributed by atoms with Crippen LogP contribution in [-0.4, -0.2) is 5.54 Å². The molecule has 0 aromatic heterocycles. The highest BCUT2D eigenvalue weighted by Crippen LogP contribution is 2.21. The van der Waals surface area contributed by atoms with Gasteiger partial charge in [0.1, 0.15) is 0 Å². The highest BCUT2D eigenvalue weighted by Gasteiger charge is 2.18. The second kappa shape index (κ2) is 4.24. The Balaban J connectivity index is 2.83. The molecule has 4 heteroatoms. The first-order chi connectivity index (χ1) is 6.79. The van der Waals surface area contributed by atoms with Crippen molar-refractivity contribution in [3.8, 4) is 0 Å². The molecule has 1 unspecified atom stereocenters. The maximum absolute atomic E-state index is 12.9. The molecule has 0 saturated heterocycles. The predicted molar refractivity (Wildman–Crippen MR) is 56.2 cm³/mol. The molecule has 0 aliphatic heterocycles. The van der Waals surface area contributed by atoms with Crippen molar-refractivity contribution in [2.45, 2.75) is 31.8 Å². The SMILES string of the molecule is CC(C)(N)CC(N)c1ccc(F)c(F)c1. The van der Waals surface area contributed by atoms with E-state index in [1.807, 2.05) is 13.8 Å². The molecule has 0 aliphatic carbocycles. The molecule has 1 aromatic rings. The first-order valence-corrected chi connectivity index (χ1v) is 4.79. The van der Waals surface area contributed by atoms with Crippen molar-refractivity contribution in [1.82, 2.24) is 0 Å². The van der Waals surface area contributed by atoms with E-state index in [4.69, 9.17) is 11.5 Å². The number of rotatable bonds is 3. The zero-order chi connectivity index (χ0) is 11.6. The van der Waals surface area contributed by atoms with Crippen LogP contribution in [0.15, 0.2) is 18.2 Å². The summed E-state index contributed by atoms with van der Waals surface area (Å²) >= 11 is 0. The molecule has 0 aliphatic rings. The summed E-state index contributed by atoms with van der Waals surface area (Å²) in [5.41, 5.74) is 11.8. The second-order valence-corrected chi connectivity index (χ2v) is 4.47. The molecule has 4 N–H and O–H groups in total. The van der Waals surface area contributed by atoms with E-state index in [2.05, 4.69) is 0 Å². The van der Waals surface area contributed by atoms with Gasteiger partial charge < -0.3 is 11.5 Å². The largest absolute Gasteiger partial charge is 0.325 e. The Morgan fingerprint density at radius 2 is 1.87 bits per heavy atom. The zero-order valence-corrected chi connectivity index (χ0v) is 8.93.